The number of hydrogen-bond donors (Lipinski definition) is 0. The Kier molecular flexibility index (Phi) is 3.91. The topological polar surface area (TPSA) is 17.1 Å². The molecule has 0 bridgehead atoms. The second-order valence-electron chi connectivity index (χ2n) is 2.92. The maximum absolute atomic E-state index is 11.6. The van der Waals surface area contributed by atoms with Gasteiger partial charge in [-0.05, 0) is 53.6 Å². The number of rotatable bonds is 2. The molecule has 0 aliphatic rings. The zero-order chi connectivity index (χ0) is 10.0. The van der Waals surface area contributed by atoms with E-state index in [0.29, 0.717) is 5.33 Å². The Morgan fingerprint density at radius 1 is 1.46 bits per heavy atom. The van der Waals surface area contributed by atoms with Crippen LogP contribution in [0.2, 0.25) is 0 Å². The van der Waals surface area contributed by atoms with Gasteiger partial charge in [-0.1, -0.05) is 22.0 Å². The smallest absolute Gasteiger partial charge is 0.173 e. The molecule has 1 nitrogen and oxygen atoms in total. The number of halogens is 2. The zero-order valence-electron chi connectivity index (χ0n) is 7.53. The van der Waals surface area contributed by atoms with Gasteiger partial charge >= 0.3 is 0 Å². The van der Waals surface area contributed by atoms with Crippen LogP contribution in [0.25, 0.3) is 0 Å². The van der Waals surface area contributed by atoms with Gasteiger partial charge in [0.1, 0.15) is 0 Å². The van der Waals surface area contributed by atoms with E-state index in [1.165, 1.54) is 0 Å². The summed E-state index contributed by atoms with van der Waals surface area (Å²) < 4.78 is 1.15. The van der Waals surface area contributed by atoms with E-state index in [1.54, 1.807) is 0 Å². The Hall–Kier alpha value is 0.1000. The third kappa shape index (κ3) is 2.31. The minimum Gasteiger partial charge on any atom is -0.293 e. The maximum Gasteiger partial charge on any atom is 0.173 e. The molecule has 0 atom stereocenters. The molecule has 0 spiro atoms. The standard InChI is InChI=1S/C10H10BrIO/c1-6-3-4-8(12)7(2)10(6)9(13)5-11/h3-4H,5H2,1-2H3. The van der Waals surface area contributed by atoms with Crippen LogP contribution in [-0.4, -0.2) is 11.1 Å². The van der Waals surface area contributed by atoms with E-state index in [9.17, 15) is 4.79 Å². The predicted octanol–water partition coefficient (Wildman–Crippen LogP) is 3.49. The Morgan fingerprint density at radius 3 is 2.62 bits per heavy atom. The summed E-state index contributed by atoms with van der Waals surface area (Å²) in [7, 11) is 0. The molecule has 0 N–H and O–H groups in total. The number of carbonyl (C=O) groups is 1. The first-order valence-electron chi connectivity index (χ1n) is 3.92. The molecule has 0 unspecified atom stereocenters. The molecule has 0 saturated carbocycles. The fourth-order valence-corrected chi connectivity index (χ4v) is 2.05. The van der Waals surface area contributed by atoms with Gasteiger partial charge in [0.15, 0.2) is 5.78 Å². The van der Waals surface area contributed by atoms with E-state index in [-0.39, 0.29) is 5.78 Å². The molecule has 3 heteroatoms. The number of Topliss-reactive ketones (excluding diaryl/α,β-unsaturated/α-hetero) is 1. The molecular weight excluding hydrogens is 343 g/mol. The molecule has 0 aliphatic heterocycles. The lowest BCUT2D eigenvalue weighted by molar-refractivity contribution is 0.102. The summed E-state index contributed by atoms with van der Waals surface area (Å²) in [5.74, 6) is 0.161. The fourth-order valence-electron chi connectivity index (χ4n) is 1.32. The highest BCUT2D eigenvalue weighted by molar-refractivity contribution is 14.1. The lowest BCUT2D eigenvalue weighted by Gasteiger charge is -2.08. The zero-order valence-corrected chi connectivity index (χ0v) is 11.3. The predicted molar refractivity (Wildman–Crippen MR) is 66.8 cm³/mol. The van der Waals surface area contributed by atoms with Crippen molar-refractivity contribution in [2.45, 2.75) is 13.8 Å². The third-order valence-corrected chi connectivity index (χ3v) is 3.69. The van der Waals surface area contributed by atoms with Crippen molar-refractivity contribution in [3.63, 3.8) is 0 Å². The van der Waals surface area contributed by atoms with Crippen LogP contribution in [0.15, 0.2) is 12.1 Å². The highest BCUT2D eigenvalue weighted by Crippen LogP contribution is 2.20. The minimum absolute atomic E-state index is 0.161. The van der Waals surface area contributed by atoms with E-state index >= 15 is 0 Å². The molecule has 0 aromatic heterocycles. The summed E-state index contributed by atoms with van der Waals surface area (Å²) in [5, 5.41) is 0.398. The first-order valence-corrected chi connectivity index (χ1v) is 6.12. The van der Waals surface area contributed by atoms with Gasteiger partial charge in [-0.2, -0.15) is 0 Å². The van der Waals surface area contributed by atoms with E-state index in [2.05, 4.69) is 38.5 Å². The van der Waals surface area contributed by atoms with Crippen molar-refractivity contribution >= 4 is 44.3 Å². The SMILES string of the molecule is Cc1ccc(I)c(C)c1C(=O)CBr. The molecule has 0 fully saturated rings. The first kappa shape index (κ1) is 11.2. The summed E-state index contributed by atoms with van der Waals surface area (Å²) in [6, 6.07) is 4.03. The van der Waals surface area contributed by atoms with Crippen molar-refractivity contribution in [1.82, 2.24) is 0 Å². The first-order chi connectivity index (χ1) is 6.07. The largest absolute Gasteiger partial charge is 0.293 e. The number of ketones is 1. The van der Waals surface area contributed by atoms with Gasteiger partial charge in [0, 0.05) is 9.13 Å². The molecule has 13 heavy (non-hydrogen) atoms. The second kappa shape index (κ2) is 4.55. The van der Waals surface area contributed by atoms with Crippen molar-refractivity contribution < 1.29 is 4.79 Å². The summed E-state index contributed by atoms with van der Waals surface area (Å²) >= 11 is 5.44. The van der Waals surface area contributed by atoms with Gasteiger partial charge in [-0.15, -0.1) is 0 Å². The quantitative estimate of drug-likeness (QED) is 0.452. The molecule has 1 aromatic carbocycles. The number of aryl methyl sites for hydroxylation is 1. The minimum atomic E-state index is 0.161. The van der Waals surface area contributed by atoms with Crippen molar-refractivity contribution in [1.29, 1.82) is 0 Å². The molecule has 1 rings (SSSR count). The van der Waals surface area contributed by atoms with Gasteiger partial charge in [0.05, 0.1) is 5.33 Å². The summed E-state index contributed by atoms with van der Waals surface area (Å²) in [6.45, 7) is 3.96. The number of benzene rings is 1. The molecular formula is C10H10BrIO. The van der Waals surface area contributed by atoms with Gasteiger partial charge in [-0.25, -0.2) is 0 Å². The molecule has 0 aliphatic carbocycles. The van der Waals surface area contributed by atoms with E-state index in [1.807, 2.05) is 26.0 Å². The van der Waals surface area contributed by atoms with E-state index < -0.39 is 0 Å². The lowest BCUT2D eigenvalue weighted by atomic mass is 10.0. The van der Waals surface area contributed by atoms with Crippen LogP contribution in [0.1, 0.15) is 21.5 Å². The van der Waals surface area contributed by atoms with Crippen molar-refractivity contribution in [2.24, 2.45) is 0 Å². The monoisotopic (exact) mass is 352 g/mol. The van der Waals surface area contributed by atoms with Crippen LogP contribution < -0.4 is 0 Å². The highest BCUT2D eigenvalue weighted by atomic mass is 127. The Bertz CT molecular complexity index is 347. The normalized spacial score (nSPS) is 10.2. The van der Waals surface area contributed by atoms with Gasteiger partial charge in [0.25, 0.3) is 0 Å². The van der Waals surface area contributed by atoms with Crippen LogP contribution in [0, 0.1) is 17.4 Å². The van der Waals surface area contributed by atoms with Crippen molar-refractivity contribution in [3.05, 3.63) is 32.4 Å². The van der Waals surface area contributed by atoms with Crippen LogP contribution in [0.4, 0.5) is 0 Å². The van der Waals surface area contributed by atoms with E-state index in [4.69, 9.17) is 0 Å². The maximum atomic E-state index is 11.6. The molecule has 0 radical (unpaired) electrons. The summed E-state index contributed by atoms with van der Waals surface area (Å²) in [5.41, 5.74) is 3.01. The average molecular weight is 353 g/mol. The fraction of sp³-hybridized carbons (Fsp3) is 0.300. The number of hydrogen-bond acceptors (Lipinski definition) is 1. The Labute approximate surface area is 100 Å². The van der Waals surface area contributed by atoms with Gasteiger partial charge in [-0.3, -0.25) is 4.79 Å². The van der Waals surface area contributed by atoms with Crippen molar-refractivity contribution in [3.8, 4) is 0 Å². The van der Waals surface area contributed by atoms with E-state index in [0.717, 1.165) is 20.3 Å². The lowest BCUT2D eigenvalue weighted by Crippen LogP contribution is -2.06. The highest BCUT2D eigenvalue weighted by Gasteiger charge is 2.12. The third-order valence-electron chi connectivity index (χ3n) is 2.01. The molecule has 1 aromatic rings. The van der Waals surface area contributed by atoms with Crippen molar-refractivity contribution in [2.75, 3.05) is 5.33 Å². The van der Waals surface area contributed by atoms with Crippen LogP contribution in [-0.2, 0) is 0 Å². The Balaban J connectivity index is 3.33. The van der Waals surface area contributed by atoms with Crippen LogP contribution in [0.5, 0.6) is 0 Å². The van der Waals surface area contributed by atoms with Gasteiger partial charge < -0.3 is 0 Å². The van der Waals surface area contributed by atoms with Crippen LogP contribution in [0.3, 0.4) is 0 Å². The second-order valence-corrected chi connectivity index (χ2v) is 4.64. The number of carbonyl (C=O) groups excluding carboxylic acids is 1. The summed E-state index contributed by atoms with van der Waals surface area (Å²) in [6.07, 6.45) is 0. The molecule has 0 saturated heterocycles. The molecule has 0 amide bonds. The molecule has 70 valence electrons. The Morgan fingerprint density at radius 2 is 2.08 bits per heavy atom. The number of alkyl halides is 1. The van der Waals surface area contributed by atoms with Gasteiger partial charge in [0.2, 0.25) is 0 Å². The molecule has 0 heterocycles. The summed E-state index contributed by atoms with van der Waals surface area (Å²) in [4.78, 5) is 11.6. The average Bonchev–Trinajstić information content (AvgIpc) is 2.12. The van der Waals surface area contributed by atoms with Crippen LogP contribution >= 0.6 is 38.5 Å².